The number of aliphatic hydroxyl groups is 1. The molecule has 0 amide bonds. The molecule has 7 heteroatoms. The van der Waals surface area contributed by atoms with Gasteiger partial charge in [0.05, 0.1) is 32.0 Å². The second-order valence-electron chi connectivity index (χ2n) is 5.45. The number of hydrogen-bond donors (Lipinski definition) is 2. The first kappa shape index (κ1) is 20.5. The predicted octanol–water partition coefficient (Wildman–Crippen LogP) is 3.17. The Balaban J connectivity index is 2.03. The summed E-state index contributed by atoms with van der Waals surface area (Å²) in [6.45, 7) is 1.96. The minimum absolute atomic E-state index is 0.00150. The molecule has 0 fully saturated rings. The van der Waals surface area contributed by atoms with Gasteiger partial charge in [-0.1, -0.05) is 29.8 Å². The van der Waals surface area contributed by atoms with Gasteiger partial charge in [-0.05, 0) is 18.2 Å². The van der Waals surface area contributed by atoms with Crippen LogP contribution in [-0.4, -0.2) is 38.6 Å². The van der Waals surface area contributed by atoms with Crippen LogP contribution in [-0.2, 0) is 17.9 Å². The van der Waals surface area contributed by atoms with E-state index < -0.39 is 5.82 Å². The highest BCUT2D eigenvalue weighted by molar-refractivity contribution is 6.31. The van der Waals surface area contributed by atoms with Crippen LogP contribution in [0.25, 0.3) is 0 Å². The summed E-state index contributed by atoms with van der Waals surface area (Å²) in [5, 5.41) is 12.2. The topological polar surface area (TPSA) is 60.0 Å². The number of benzene rings is 2. The third-order valence-electron chi connectivity index (χ3n) is 3.68. The van der Waals surface area contributed by atoms with Crippen molar-refractivity contribution in [1.29, 1.82) is 0 Å². The van der Waals surface area contributed by atoms with Crippen molar-refractivity contribution < 1.29 is 23.7 Å². The Kier molecular flexibility index (Phi) is 8.64. The highest BCUT2D eigenvalue weighted by Crippen LogP contribution is 2.32. The molecule has 0 radical (unpaired) electrons. The molecule has 0 saturated carbocycles. The Bertz CT molecular complexity index is 679. The van der Waals surface area contributed by atoms with Crippen molar-refractivity contribution in [1.82, 2.24) is 5.32 Å². The molecule has 0 spiro atoms. The van der Waals surface area contributed by atoms with Gasteiger partial charge in [-0.15, -0.1) is 0 Å². The van der Waals surface area contributed by atoms with Crippen molar-refractivity contribution in [3.05, 3.63) is 58.4 Å². The van der Waals surface area contributed by atoms with Gasteiger partial charge in [0.25, 0.3) is 0 Å². The van der Waals surface area contributed by atoms with Crippen molar-refractivity contribution in [3.63, 3.8) is 0 Å². The van der Waals surface area contributed by atoms with Crippen LogP contribution in [0.3, 0.4) is 0 Å². The monoisotopic (exact) mass is 383 g/mol. The Morgan fingerprint density at radius 2 is 1.96 bits per heavy atom. The van der Waals surface area contributed by atoms with Crippen LogP contribution in [0.15, 0.2) is 36.4 Å². The molecule has 2 rings (SSSR count). The smallest absolute Gasteiger partial charge is 0.166 e. The molecule has 0 bridgehead atoms. The lowest BCUT2D eigenvalue weighted by molar-refractivity contribution is 0.0937. The summed E-state index contributed by atoms with van der Waals surface area (Å²) < 4.78 is 30.4. The fourth-order valence-electron chi connectivity index (χ4n) is 2.37. The molecule has 0 aromatic heterocycles. The van der Waals surface area contributed by atoms with E-state index in [9.17, 15) is 4.39 Å². The predicted molar refractivity (Wildman–Crippen MR) is 98.3 cm³/mol. The number of aliphatic hydroxyl groups excluding tert-OH is 1. The average molecular weight is 384 g/mol. The first-order valence-electron chi connectivity index (χ1n) is 8.28. The van der Waals surface area contributed by atoms with Crippen molar-refractivity contribution in [3.8, 4) is 11.5 Å². The van der Waals surface area contributed by atoms with Gasteiger partial charge in [0.1, 0.15) is 12.4 Å². The maximum absolute atomic E-state index is 13.9. The fraction of sp³-hybridized carbons (Fsp3) is 0.368. The second kappa shape index (κ2) is 11.0. The summed E-state index contributed by atoms with van der Waals surface area (Å²) in [6, 6.07) is 10.1. The van der Waals surface area contributed by atoms with E-state index in [1.165, 1.54) is 6.07 Å². The maximum atomic E-state index is 13.9. The molecule has 0 aliphatic carbocycles. The lowest BCUT2D eigenvalue weighted by atomic mass is 10.1. The quantitative estimate of drug-likeness (QED) is 0.584. The number of ether oxygens (including phenoxy) is 3. The summed E-state index contributed by atoms with van der Waals surface area (Å²) in [6.07, 6.45) is 0. The van der Waals surface area contributed by atoms with Gasteiger partial charge < -0.3 is 24.6 Å². The molecule has 2 aromatic rings. The van der Waals surface area contributed by atoms with Crippen molar-refractivity contribution in [2.24, 2.45) is 0 Å². The van der Waals surface area contributed by atoms with E-state index in [2.05, 4.69) is 5.32 Å². The zero-order valence-corrected chi connectivity index (χ0v) is 15.4. The molecule has 26 heavy (non-hydrogen) atoms. The molecule has 0 aliphatic heterocycles. The zero-order valence-electron chi connectivity index (χ0n) is 14.6. The van der Waals surface area contributed by atoms with Crippen LogP contribution < -0.4 is 14.8 Å². The summed E-state index contributed by atoms with van der Waals surface area (Å²) in [5.74, 6) is 0.694. The fourth-order valence-corrected chi connectivity index (χ4v) is 2.59. The highest BCUT2D eigenvalue weighted by atomic mass is 35.5. The first-order chi connectivity index (χ1) is 12.7. The molecule has 5 nitrogen and oxygen atoms in total. The molecule has 0 aliphatic rings. The Labute approximate surface area is 157 Å². The second-order valence-corrected chi connectivity index (χ2v) is 5.86. The molecule has 0 unspecified atom stereocenters. The third-order valence-corrected chi connectivity index (χ3v) is 4.03. The van der Waals surface area contributed by atoms with Crippen molar-refractivity contribution in [2.45, 2.75) is 13.2 Å². The number of methoxy groups -OCH3 is 1. The van der Waals surface area contributed by atoms with E-state index in [4.69, 9.17) is 30.9 Å². The number of halogens is 2. The normalized spacial score (nSPS) is 10.8. The van der Waals surface area contributed by atoms with Crippen LogP contribution in [0.1, 0.15) is 11.1 Å². The van der Waals surface area contributed by atoms with Gasteiger partial charge in [-0.25, -0.2) is 4.39 Å². The van der Waals surface area contributed by atoms with Crippen LogP contribution in [0.2, 0.25) is 5.02 Å². The van der Waals surface area contributed by atoms with E-state index in [0.29, 0.717) is 48.4 Å². The molecular weight excluding hydrogens is 361 g/mol. The van der Waals surface area contributed by atoms with Gasteiger partial charge in [-0.2, -0.15) is 0 Å². The maximum Gasteiger partial charge on any atom is 0.166 e. The Morgan fingerprint density at radius 1 is 1.15 bits per heavy atom. The summed E-state index contributed by atoms with van der Waals surface area (Å²) >= 11 is 6.06. The van der Waals surface area contributed by atoms with Gasteiger partial charge >= 0.3 is 0 Å². The Morgan fingerprint density at radius 3 is 2.69 bits per heavy atom. The van der Waals surface area contributed by atoms with E-state index in [1.54, 1.807) is 25.3 Å². The largest absolute Gasteiger partial charge is 0.493 e. The van der Waals surface area contributed by atoms with Crippen LogP contribution in [0, 0.1) is 5.82 Å². The number of rotatable bonds is 11. The standard InChI is InChI=1S/C19H23ClFNO4/c1-24-18-7-2-4-14(12-22-8-10-25-11-9-23)19(18)26-13-15-16(20)5-3-6-17(15)21/h2-7,22-23H,8-13H2,1H3. The molecule has 0 atom stereocenters. The molecular formula is C19H23ClFNO4. The Hall–Kier alpha value is -1.86. The first-order valence-corrected chi connectivity index (χ1v) is 8.66. The summed E-state index contributed by atoms with van der Waals surface area (Å²) in [4.78, 5) is 0. The van der Waals surface area contributed by atoms with Gasteiger partial charge in [0, 0.05) is 24.2 Å². The van der Waals surface area contributed by atoms with Gasteiger partial charge in [0.2, 0.25) is 0 Å². The summed E-state index contributed by atoms with van der Waals surface area (Å²) in [5.41, 5.74) is 1.18. The van der Waals surface area contributed by atoms with Crippen LogP contribution >= 0.6 is 11.6 Å². The van der Waals surface area contributed by atoms with Crippen LogP contribution in [0.4, 0.5) is 4.39 Å². The minimum Gasteiger partial charge on any atom is -0.493 e. The summed E-state index contributed by atoms with van der Waals surface area (Å²) in [7, 11) is 1.55. The lowest BCUT2D eigenvalue weighted by Gasteiger charge is -2.16. The third kappa shape index (κ3) is 5.85. The number of nitrogens with one attached hydrogen (secondary N) is 1. The lowest BCUT2D eigenvalue weighted by Crippen LogP contribution is -2.20. The highest BCUT2D eigenvalue weighted by Gasteiger charge is 2.13. The zero-order chi connectivity index (χ0) is 18.8. The van der Waals surface area contributed by atoms with E-state index in [0.717, 1.165) is 5.56 Å². The van der Waals surface area contributed by atoms with E-state index >= 15 is 0 Å². The molecule has 142 valence electrons. The molecule has 2 N–H and O–H groups in total. The van der Waals surface area contributed by atoms with Crippen LogP contribution in [0.5, 0.6) is 11.5 Å². The number of hydrogen-bond acceptors (Lipinski definition) is 5. The SMILES string of the molecule is COc1cccc(CNCCOCCO)c1OCc1c(F)cccc1Cl. The molecule has 0 saturated heterocycles. The van der Waals surface area contributed by atoms with Gasteiger partial charge in [-0.3, -0.25) is 0 Å². The van der Waals surface area contributed by atoms with Gasteiger partial charge in [0.15, 0.2) is 11.5 Å². The van der Waals surface area contributed by atoms with Crippen molar-refractivity contribution in [2.75, 3.05) is 33.5 Å². The molecule has 0 heterocycles. The van der Waals surface area contributed by atoms with Crippen molar-refractivity contribution >= 4 is 11.6 Å². The average Bonchev–Trinajstić information content (AvgIpc) is 2.64. The minimum atomic E-state index is -0.409. The number of para-hydroxylation sites is 1. The van der Waals surface area contributed by atoms with E-state index in [1.807, 2.05) is 12.1 Å². The molecule has 2 aromatic carbocycles. The van der Waals surface area contributed by atoms with E-state index in [-0.39, 0.29) is 13.2 Å².